The van der Waals surface area contributed by atoms with Gasteiger partial charge >= 0.3 is 0 Å². The van der Waals surface area contributed by atoms with Crippen molar-refractivity contribution in [2.24, 2.45) is 0 Å². The van der Waals surface area contributed by atoms with E-state index >= 15 is 0 Å². The molecular formula is C17H28N6. The largest absolute Gasteiger partial charge is 0.356 e. The molecule has 1 aliphatic heterocycles. The zero-order valence-electron chi connectivity index (χ0n) is 14.6. The van der Waals surface area contributed by atoms with E-state index in [2.05, 4.69) is 39.8 Å². The SMILES string of the molecule is CCCCN(C)Cc1nc2nc(C)cc(N3CCCCC3)n2n1. The molecule has 126 valence electrons. The van der Waals surface area contributed by atoms with Crippen molar-refractivity contribution in [1.29, 1.82) is 0 Å². The number of aryl methyl sites for hydroxylation is 1. The first-order valence-corrected chi connectivity index (χ1v) is 8.84. The van der Waals surface area contributed by atoms with E-state index in [1.165, 1.54) is 32.1 Å². The third kappa shape index (κ3) is 3.80. The number of hydrogen-bond acceptors (Lipinski definition) is 5. The Morgan fingerprint density at radius 2 is 1.96 bits per heavy atom. The van der Waals surface area contributed by atoms with E-state index in [0.29, 0.717) is 0 Å². The Labute approximate surface area is 138 Å². The summed E-state index contributed by atoms with van der Waals surface area (Å²) in [6, 6.07) is 2.14. The maximum atomic E-state index is 4.74. The smallest absolute Gasteiger partial charge is 0.254 e. The molecule has 2 aromatic heterocycles. The van der Waals surface area contributed by atoms with Gasteiger partial charge in [-0.15, -0.1) is 5.10 Å². The number of piperidine rings is 1. The minimum Gasteiger partial charge on any atom is -0.356 e. The van der Waals surface area contributed by atoms with Crippen molar-refractivity contribution in [3.8, 4) is 0 Å². The van der Waals surface area contributed by atoms with E-state index in [1.54, 1.807) is 0 Å². The molecule has 3 rings (SSSR count). The van der Waals surface area contributed by atoms with Gasteiger partial charge in [-0.2, -0.15) is 9.50 Å². The predicted molar refractivity (Wildman–Crippen MR) is 92.8 cm³/mol. The van der Waals surface area contributed by atoms with Crippen molar-refractivity contribution >= 4 is 11.6 Å². The maximum absolute atomic E-state index is 4.74. The van der Waals surface area contributed by atoms with Crippen molar-refractivity contribution in [3.63, 3.8) is 0 Å². The molecule has 1 fully saturated rings. The van der Waals surface area contributed by atoms with Crippen LogP contribution in [0.3, 0.4) is 0 Å². The number of hydrogen-bond donors (Lipinski definition) is 0. The van der Waals surface area contributed by atoms with Gasteiger partial charge in [0.05, 0.1) is 6.54 Å². The summed E-state index contributed by atoms with van der Waals surface area (Å²) in [5.41, 5.74) is 1.01. The molecule has 0 radical (unpaired) electrons. The van der Waals surface area contributed by atoms with E-state index in [-0.39, 0.29) is 0 Å². The second-order valence-corrected chi connectivity index (χ2v) is 6.63. The van der Waals surface area contributed by atoms with Gasteiger partial charge in [-0.1, -0.05) is 13.3 Å². The fraction of sp³-hybridized carbons (Fsp3) is 0.706. The van der Waals surface area contributed by atoms with Gasteiger partial charge in [0.1, 0.15) is 5.82 Å². The highest BCUT2D eigenvalue weighted by atomic mass is 15.4. The Balaban J connectivity index is 1.86. The molecule has 0 aliphatic carbocycles. The van der Waals surface area contributed by atoms with Crippen molar-refractivity contribution < 1.29 is 0 Å². The molecule has 0 N–H and O–H groups in total. The van der Waals surface area contributed by atoms with Gasteiger partial charge in [-0.3, -0.25) is 4.90 Å². The molecule has 0 saturated carbocycles. The number of aromatic nitrogens is 4. The van der Waals surface area contributed by atoms with Crippen LogP contribution < -0.4 is 4.90 Å². The lowest BCUT2D eigenvalue weighted by Gasteiger charge is -2.28. The number of fused-ring (bicyclic) bond motifs is 1. The zero-order chi connectivity index (χ0) is 16.2. The minimum absolute atomic E-state index is 0.726. The highest BCUT2D eigenvalue weighted by Gasteiger charge is 2.17. The van der Waals surface area contributed by atoms with Gasteiger partial charge in [-0.25, -0.2) is 4.98 Å². The summed E-state index contributed by atoms with van der Waals surface area (Å²) in [5, 5.41) is 4.74. The van der Waals surface area contributed by atoms with Crippen LogP contribution in [0, 0.1) is 6.92 Å². The summed E-state index contributed by atoms with van der Waals surface area (Å²) in [6.07, 6.45) is 6.26. The first-order chi connectivity index (χ1) is 11.2. The molecule has 3 heterocycles. The van der Waals surface area contributed by atoms with Crippen LogP contribution in [0.5, 0.6) is 0 Å². The van der Waals surface area contributed by atoms with Crippen LogP contribution in [0.4, 0.5) is 5.82 Å². The molecule has 6 heteroatoms. The third-order valence-corrected chi connectivity index (χ3v) is 4.45. The topological polar surface area (TPSA) is 49.6 Å². The summed E-state index contributed by atoms with van der Waals surface area (Å²) in [6.45, 7) is 8.32. The van der Waals surface area contributed by atoms with Crippen molar-refractivity contribution in [2.75, 3.05) is 31.6 Å². The normalized spacial score (nSPS) is 15.7. The van der Waals surface area contributed by atoms with Crippen LogP contribution in [-0.4, -0.2) is 51.2 Å². The first kappa shape index (κ1) is 16.2. The Morgan fingerprint density at radius 1 is 1.17 bits per heavy atom. The highest BCUT2D eigenvalue weighted by Crippen LogP contribution is 2.21. The summed E-state index contributed by atoms with van der Waals surface area (Å²) in [5.74, 6) is 2.73. The van der Waals surface area contributed by atoms with Gasteiger partial charge in [0.15, 0.2) is 5.82 Å². The van der Waals surface area contributed by atoms with Crippen molar-refractivity contribution in [2.45, 2.75) is 52.5 Å². The standard InChI is InChI=1S/C17H28N6/c1-4-5-9-21(3)13-15-19-17-18-14(2)12-16(23(17)20-15)22-10-7-6-8-11-22/h12H,4-11,13H2,1-3H3. The number of unbranched alkanes of at least 4 members (excludes halogenated alkanes) is 1. The molecular weight excluding hydrogens is 288 g/mol. The molecule has 1 saturated heterocycles. The molecule has 0 atom stereocenters. The molecule has 6 nitrogen and oxygen atoms in total. The number of anilines is 1. The van der Waals surface area contributed by atoms with Crippen molar-refractivity contribution in [3.05, 3.63) is 17.6 Å². The third-order valence-electron chi connectivity index (χ3n) is 4.45. The molecule has 0 bridgehead atoms. The fourth-order valence-corrected chi connectivity index (χ4v) is 3.17. The molecule has 2 aromatic rings. The Hall–Kier alpha value is -1.69. The lowest BCUT2D eigenvalue weighted by Crippen LogP contribution is -2.31. The van der Waals surface area contributed by atoms with Crippen LogP contribution in [0.2, 0.25) is 0 Å². The molecule has 0 unspecified atom stereocenters. The summed E-state index contributed by atoms with van der Waals surface area (Å²) < 4.78 is 1.93. The lowest BCUT2D eigenvalue weighted by atomic mass is 10.1. The van der Waals surface area contributed by atoms with Crippen LogP contribution in [0.15, 0.2) is 6.07 Å². The first-order valence-electron chi connectivity index (χ1n) is 8.84. The van der Waals surface area contributed by atoms with Crippen LogP contribution in [-0.2, 0) is 6.54 Å². The summed E-state index contributed by atoms with van der Waals surface area (Å²) in [4.78, 5) is 13.9. The quantitative estimate of drug-likeness (QED) is 0.820. The van der Waals surface area contributed by atoms with Crippen LogP contribution >= 0.6 is 0 Å². The summed E-state index contributed by atoms with van der Waals surface area (Å²) in [7, 11) is 2.13. The van der Waals surface area contributed by atoms with Gasteiger partial charge < -0.3 is 4.90 Å². The average Bonchev–Trinajstić information content (AvgIpc) is 2.94. The second-order valence-electron chi connectivity index (χ2n) is 6.63. The Morgan fingerprint density at radius 3 is 2.70 bits per heavy atom. The number of nitrogens with zero attached hydrogens (tertiary/aromatic N) is 6. The molecule has 0 spiro atoms. The van der Waals surface area contributed by atoms with E-state index in [0.717, 1.165) is 49.3 Å². The zero-order valence-corrected chi connectivity index (χ0v) is 14.6. The predicted octanol–water partition coefficient (Wildman–Crippen LogP) is 2.65. The molecule has 23 heavy (non-hydrogen) atoms. The van der Waals surface area contributed by atoms with Gasteiger partial charge in [-0.05, 0) is 46.2 Å². The fourth-order valence-electron chi connectivity index (χ4n) is 3.17. The van der Waals surface area contributed by atoms with Crippen LogP contribution in [0.25, 0.3) is 5.78 Å². The van der Waals surface area contributed by atoms with Crippen LogP contribution in [0.1, 0.15) is 50.5 Å². The second kappa shape index (κ2) is 7.25. The maximum Gasteiger partial charge on any atom is 0.254 e. The molecule has 0 amide bonds. The van der Waals surface area contributed by atoms with E-state index in [1.807, 2.05) is 11.4 Å². The Kier molecular flexibility index (Phi) is 5.10. The Bertz CT molecular complexity index is 644. The lowest BCUT2D eigenvalue weighted by molar-refractivity contribution is 0.313. The highest BCUT2D eigenvalue weighted by molar-refractivity contribution is 5.47. The van der Waals surface area contributed by atoms with Gasteiger partial charge in [0, 0.05) is 24.8 Å². The minimum atomic E-state index is 0.726. The number of rotatable bonds is 6. The average molecular weight is 316 g/mol. The summed E-state index contributed by atoms with van der Waals surface area (Å²) >= 11 is 0. The van der Waals surface area contributed by atoms with Crippen molar-refractivity contribution in [1.82, 2.24) is 24.5 Å². The monoisotopic (exact) mass is 316 g/mol. The van der Waals surface area contributed by atoms with Gasteiger partial charge in [0.2, 0.25) is 0 Å². The molecule has 0 aromatic carbocycles. The van der Waals surface area contributed by atoms with E-state index < -0.39 is 0 Å². The van der Waals surface area contributed by atoms with E-state index in [4.69, 9.17) is 5.10 Å². The van der Waals surface area contributed by atoms with E-state index in [9.17, 15) is 0 Å². The molecule has 1 aliphatic rings. The van der Waals surface area contributed by atoms with Gasteiger partial charge in [0.25, 0.3) is 5.78 Å².